The van der Waals surface area contributed by atoms with Gasteiger partial charge in [0.1, 0.15) is 5.60 Å². The van der Waals surface area contributed by atoms with E-state index >= 15 is 0 Å². The quantitative estimate of drug-likeness (QED) is 0.504. The Hall–Kier alpha value is -1.29. The largest absolute Gasteiger partial charge is 0.459 e. The molecular formula is C23H36O3S. The molecule has 0 amide bonds. The third-order valence-corrected chi connectivity index (χ3v) is 6.03. The molecule has 0 heterocycles. The lowest BCUT2D eigenvalue weighted by atomic mass is 9.76. The molecule has 27 heavy (non-hydrogen) atoms. The number of hydrogen-bond donors (Lipinski definition) is 0. The normalized spacial score (nSPS) is 14.5. The van der Waals surface area contributed by atoms with Crippen LogP contribution >= 0.6 is 11.8 Å². The van der Waals surface area contributed by atoms with Crippen LogP contribution in [0.4, 0.5) is 0 Å². The summed E-state index contributed by atoms with van der Waals surface area (Å²) in [6.07, 6.45) is 2.58. The Kier molecular flexibility index (Phi) is 8.15. The molecule has 0 saturated carbocycles. The highest BCUT2D eigenvalue weighted by molar-refractivity contribution is 8.13. The van der Waals surface area contributed by atoms with E-state index in [2.05, 4.69) is 19.9 Å². The molecule has 0 saturated heterocycles. The molecule has 0 bridgehead atoms. The zero-order valence-electron chi connectivity index (χ0n) is 18.3. The van der Waals surface area contributed by atoms with Crippen molar-refractivity contribution < 1.29 is 14.3 Å². The Morgan fingerprint density at radius 3 is 2.19 bits per heavy atom. The molecule has 4 heteroatoms. The smallest absolute Gasteiger partial charge is 0.316 e. The van der Waals surface area contributed by atoms with Gasteiger partial charge < -0.3 is 4.74 Å². The monoisotopic (exact) mass is 392 g/mol. The number of esters is 1. The van der Waals surface area contributed by atoms with Gasteiger partial charge in [-0.15, -0.1) is 0 Å². The number of carbonyl (C=O) groups is 2. The number of thioether (sulfide) groups is 1. The highest BCUT2D eigenvalue weighted by Crippen LogP contribution is 2.36. The molecule has 0 spiro atoms. The first-order chi connectivity index (χ1) is 12.3. The van der Waals surface area contributed by atoms with Crippen molar-refractivity contribution in [2.24, 2.45) is 5.41 Å². The van der Waals surface area contributed by atoms with Crippen molar-refractivity contribution in [3.05, 3.63) is 35.4 Å². The molecule has 1 unspecified atom stereocenters. The Morgan fingerprint density at radius 1 is 1.04 bits per heavy atom. The van der Waals surface area contributed by atoms with Gasteiger partial charge in [-0.3, -0.25) is 9.59 Å². The van der Waals surface area contributed by atoms with E-state index in [4.69, 9.17) is 4.74 Å². The van der Waals surface area contributed by atoms with E-state index in [0.29, 0.717) is 0 Å². The molecule has 1 atom stereocenters. The number of benzene rings is 1. The van der Waals surface area contributed by atoms with E-state index in [1.165, 1.54) is 11.8 Å². The van der Waals surface area contributed by atoms with E-state index in [1.54, 1.807) is 6.92 Å². The van der Waals surface area contributed by atoms with Crippen molar-refractivity contribution in [1.82, 2.24) is 0 Å². The minimum atomic E-state index is -0.677. The minimum absolute atomic E-state index is 0.0534. The molecule has 0 radical (unpaired) electrons. The van der Waals surface area contributed by atoms with Crippen LogP contribution in [0.3, 0.4) is 0 Å². The Morgan fingerprint density at radius 2 is 1.67 bits per heavy atom. The average molecular weight is 393 g/mol. The van der Waals surface area contributed by atoms with Crippen molar-refractivity contribution >= 4 is 22.8 Å². The summed E-state index contributed by atoms with van der Waals surface area (Å²) in [6, 6.07) is 8.15. The van der Waals surface area contributed by atoms with Gasteiger partial charge in [-0.05, 0) is 58.4 Å². The lowest BCUT2D eigenvalue weighted by molar-refractivity contribution is -0.162. The average Bonchev–Trinajstić information content (AvgIpc) is 2.51. The van der Waals surface area contributed by atoms with Gasteiger partial charge in [-0.2, -0.15) is 0 Å². The van der Waals surface area contributed by atoms with Gasteiger partial charge in [0.25, 0.3) is 0 Å². The fourth-order valence-corrected chi connectivity index (χ4v) is 3.77. The van der Waals surface area contributed by atoms with Gasteiger partial charge in [-0.25, -0.2) is 0 Å². The van der Waals surface area contributed by atoms with E-state index in [1.807, 2.05) is 52.8 Å². The molecule has 0 aliphatic heterocycles. The number of hydrogen-bond acceptors (Lipinski definition) is 4. The van der Waals surface area contributed by atoms with Crippen molar-refractivity contribution in [3.8, 4) is 0 Å². The second kappa shape index (κ2) is 9.27. The van der Waals surface area contributed by atoms with E-state index in [9.17, 15) is 9.59 Å². The third kappa shape index (κ3) is 8.08. The minimum Gasteiger partial charge on any atom is -0.459 e. The Bertz CT molecular complexity index is 658. The van der Waals surface area contributed by atoms with Crippen molar-refractivity contribution in [2.45, 2.75) is 85.7 Å². The summed E-state index contributed by atoms with van der Waals surface area (Å²) in [4.78, 5) is 24.4. The molecule has 1 aromatic carbocycles. The van der Waals surface area contributed by atoms with Crippen LogP contribution in [-0.2, 0) is 19.7 Å². The first kappa shape index (κ1) is 23.7. The van der Waals surface area contributed by atoms with Crippen LogP contribution in [0.2, 0.25) is 0 Å². The van der Waals surface area contributed by atoms with Crippen molar-refractivity contribution in [1.29, 1.82) is 0 Å². The number of rotatable bonds is 8. The molecule has 0 aromatic heterocycles. The van der Waals surface area contributed by atoms with Gasteiger partial charge in [0.15, 0.2) is 5.12 Å². The van der Waals surface area contributed by atoms with Crippen LogP contribution in [0.15, 0.2) is 24.3 Å². The summed E-state index contributed by atoms with van der Waals surface area (Å²) in [7, 11) is 0. The van der Waals surface area contributed by atoms with Gasteiger partial charge in [0.2, 0.25) is 0 Å². The first-order valence-electron chi connectivity index (χ1n) is 9.69. The number of aryl methyl sites for hydroxylation is 1. The highest BCUT2D eigenvalue weighted by Gasteiger charge is 2.39. The zero-order chi connectivity index (χ0) is 20.9. The fraction of sp³-hybridized carbons (Fsp3) is 0.652. The molecule has 3 nitrogen and oxygen atoms in total. The SMILES string of the molecule is CC(=O)SCC(C)(C)CCCC(C)(C(=O)OC(C)(C)C)c1cccc(C)c1. The summed E-state index contributed by atoms with van der Waals surface area (Å²) >= 11 is 1.38. The molecule has 152 valence electrons. The predicted octanol–water partition coefficient (Wildman–Crippen LogP) is 6.07. The lowest BCUT2D eigenvalue weighted by Gasteiger charge is -2.33. The maximum absolute atomic E-state index is 13.1. The fourth-order valence-electron chi connectivity index (χ4n) is 3.03. The van der Waals surface area contributed by atoms with E-state index in [0.717, 1.165) is 36.1 Å². The second-order valence-corrected chi connectivity index (χ2v) is 10.7. The van der Waals surface area contributed by atoms with E-state index < -0.39 is 11.0 Å². The molecule has 0 fully saturated rings. The summed E-state index contributed by atoms with van der Waals surface area (Å²) in [5.41, 5.74) is 1.01. The van der Waals surface area contributed by atoms with Crippen molar-refractivity contribution in [2.75, 3.05) is 5.75 Å². The summed E-state index contributed by atoms with van der Waals surface area (Å²) in [5.74, 6) is 0.632. The van der Waals surface area contributed by atoms with Crippen LogP contribution in [0.5, 0.6) is 0 Å². The summed E-state index contributed by atoms with van der Waals surface area (Å²) < 4.78 is 5.77. The van der Waals surface area contributed by atoms with Crippen LogP contribution in [0, 0.1) is 12.3 Å². The highest BCUT2D eigenvalue weighted by atomic mass is 32.2. The Labute approximate surface area is 169 Å². The molecule has 1 rings (SSSR count). The summed E-state index contributed by atoms with van der Waals surface area (Å²) in [5, 5.41) is 0.154. The van der Waals surface area contributed by atoms with Crippen LogP contribution < -0.4 is 0 Å². The molecule has 0 N–H and O–H groups in total. The molecule has 0 aliphatic carbocycles. The number of carbonyl (C=O) groups excluding carboxylic acids is 2. The Balaban J connectivity index is 2.96. The summed E-state index contributed by atoms with van der Waals surface area (Å²) in [6.45, 7) is 15.7. The maximum Gasteiger partial charge on any atom is 0.316 e. The van der Waals surface area contributed by atoms with Gasteiger partial charge in [0, 0.05) is 12.7 Å². The number of ether oxygens (including phenoxy) is 1. The zero-order valence-corrected chi connectivity index (χ0v) is 19.1. The molecular weight excluding hydrogens is 356 g/mol. The topological polar surface area (TPSA) is 43.4 Å². The van der Waals surface area contributed by atoms with Crippen molar-refractivity contribution in [3.63, 3.8) is 0 Å². The predicted molar refractivity (Wildman–Crippen MR) is 115 cm³/mol. The van der Waals surface area contributed by atoms with E-state index in [-0.39, 0.29) is 16.5 Å². The second-order valence-electron chi connectivity index (χ2n) is 9.50. The maximum atomic E-state index is 13.1. The third-order valence-electron chi connectivity index (χ3n) is 4.70. The van der Waals surface area contributed by atoms with Gasteiger partial charge >= 0.3 is 5.97 Å². The van der Waals surface area contributed by atoms with Crippen LogP contribution in [-0.4, -0.2) is 22.4 Å². The van der Waals surface area contributed by atoms with Gasteiger partial charge in [0.05, 0.1) is 5.41 Å². The van der Waals surface area contributed by atoms with Gasteiger partial charge in [-0.1, -0.05) is 61.9 Å². The molecule has 0 aliphatic rings. The lowest BCUT2D eigenvalue weighted by Crippen LogP contribution is -2.39. The molecule has 1 aromatic rings. The first-order valence-corrected chi connectivity index (χ1v) is 10.7. The van der Waals surface area contributed by atoms with Crippen LogP contribution in [0.25, 0.3) is 0 Å². The van der Waals surface area contributed by atoms with Crippen LogP contribution in [0.1, 0.15) is 78.9 Å². The standard InChI is InChI=1S/C23H36O3S/c1-17-11-9-12-19(15-17)23(8,20(25)26-21(3,4)5)14-10-13-22(6,7)16-27-18(2)24/h9,11-12,15H,10,13-14,16H2,1-8H3.